The third kappa shape index (κ3) is 14.7. The summed E-state index contributed by atoms with van der Waals surface area (Å²) >= 11 is 0. The van der Waals surface area contributed by atoms with E-state index in [0.29, 0.717) is 0 Å². The minimum atomic E-state index is -2.74. The first-order valence-electron chi connectivity index (χ1n) is 5.23. The van der Waals surface area contributed by atoms with Gasteiger partial charge in [-0.3, -0.25) is 19.2 Å². The van der Waals surface area contributed by atoms with Crippen molar-refractivity contribution < 1.29 is 54.6 Å². The summed E-state index contributed by atoms with van der Waals surface area (Å²) in [5.74, 6) is -7.17. The summed E-state index contributed by atoms with van der Waals surface area (Å²) in [6.45, 7) is 0. The van der Waals surface area contributed by atoms with E-state index in [0.717, 1.165) is 0 Å². The van der Waals surface area contributed by atoms with E-state index in [4.69, 9.17) is 30.6 Å². The number of hydrogen-bond donors (Lipinski definition) is 6. The van der Waals surface area contributed by atoms with Gasteiger partial charge in [0.1, 0.15) is 0 Å². The number of rotatable bonds is 8. The van der Waals surface area contributed by atoms with Gasteiger partial charge in [0.2, 0.25) is 0 Å². The first kappa shape index (κ1) is 25.3. The van der Waals surface area contributed by atoms with Gasteiger partial charge < -0.3 is 30.6 Å². The summed E-state index contributed by atoms with van der Waals surface area (Å²) in [6, 6.07) is 0. The molecule has 0 bridgehead atoms. The number of carboxylic acid groups (broad SMARTS) is 5. The Morgan fingerprint density at radius 1 is 0.636 bits per heavy atom. The number of hydrogen-bond acceptors (Lipinski definition) is 6. The van der Waals surface area contributed by atoms with Crippen LogP contribution in [0.5, 0.6) is 0 Å². The van der Waals surface area contributed by atoms with Crippen molar-refractivity contribution in [2.24, 2.45) is 0 Å². The normalized spacial score (nSPS) is 9.50. The second kappa shape index (κ2) is 11.9. The van der Waals surface area contributed by atoms with Crippen LogP contribution in [0.2, 0.25) is 0 Å². The van der Waals surface area contributed by atoms with Gasteiger partial charge in [0.25, 0.3) is 0 Å². The molecular weight excluding hydrogens is 319 g/mol. The summed E-state index contributed by atoms with van der Waals surface area (Å²) in [7, 11) is 0. The Hall–Kier alpha value is -1.69. The number of carbonyl (C=O) groups is 5. The number of aliphatic carboxylic acids is 5. The van der Waals surface area contributed by atoms with Crippen LogP contribution in [0.25, 0.3) is 0 Å². The Labute approximate surface area is 145 Å². The fourth-order valence-corrected chi connectivity index (χ4v) is 0.928. The summed E-state index contributed by atoms with van der Waals surface area (Å²) in [6.07, 6.45) is -2.88. The van der Waals surface area contributed by atoms with E-state index in [9.17, 15) is 24.0 Å². The van der Waals surface area contributed by atoms with Crippen LogP contribution >= 0.6 is 0 Å². The molecule has 0 atom stereocenters. The van der Waals surface area contributed by atoms with Crippen LogP contribution in [0.4, 0.5) is 0 Å². The fourth-order valence-electron chi connectivity index (χ4n) is 0.928. The van der Waals surface area contributed by atoms with Crippen molar-refractivity contribution in [1.82, 2.24) is 0 Å². The molecule has 0 aromatic rings. The first-order chi connectivity index (χ1) is 9.40. The van der Waals surface area contributed by atoms with Gasteiger partial charge in [0, 0.05) is 0 Å². The van der Waals surface area contributed by atoms with Crippen molar-refractivity contribution in [2.75, 3.05) is 0 Å². The zero-order valence-corrected chi connectivity index (χ0v) is 10.6. The van der Waals surface area contributed by atoms with Crippen molar-refractivity contribution in [3.8, 4) is 0 Å². The van der Waals surface area contributed by atoms with Gasteiger partial charge in [-0.2, -0.15) is 0 Å². The Kier molecular flexibility index (Phi) is 13.7. The van der Waals surface area contributed by atoms with E-state index >= 15 is 0 Å². The molecule has 0 saturated carbocycles. The molecule has 0 aromatic carbocycles. The van der Waals surface area contributed by atoms with Gasteiger partial charge >= 0.3 is 59.4 Å². The van der Waals surface area contributed by atoms with E-state index in [1.165, 1.54) is 0 Å². The van der Waals surface area contributed by atoms with Crippen molar-refractivity contribution in [2.45, 2.75) is 31.3 Å². The molecule has 0 saturated heterocycles. The zero-order chi connectivity index (χ0) is 17.2. The summed E-state index contributed by atoms with van der Waals surface area (Å²) in [5, 5.41) is 49.6. The topological polar surface area (TPSA) is 207 Å². The van der Waals surface area contributed by atoms with E-state index in [2.05, 4.69) is 0 Å². The van der Waals surface area contributed by atoms with Crippen LogP contribution in [0.15, 0.2) is 0 Å². The summed E-state index contributed by atoms with van der Waals surface area (Å²) < 4.78 is 0. The second-order valence-corrected chi connectivity index (χ2v) is 3.77. The molecule has 0 spiro atoms. The standard InChI is InChI=1S/C6H8O7.C4H6O4.Na.H/c7-3(8)1-6(13,5(11)12)2-4(9)10;5-3(6)1-2-4(7)8;;/h13H,1-2H2,(H,7,8)(H,9,10)(H,11,12);1-2H2,(H,5,6)(H,7,8);;. The Morgan fingerprint density at radius 2 is 0.909 bits per heavy atom. The van der Waals surface area contributed by atoms with Crippen molar-refractivity contribution in [3.05, 3.63) is 0 Å². The third-order valence-electron chi connectivity index (χ3n) is 1.84. The molecule has 122 valence electrons. The molecule has 0 aromatic heterocycles. The summed E-state index contributed by atoms with van der Waals surface area (Å²) in [5.41, 5.74) is -2.74. The van der Waals surface area contributed by atoms with Gasteiger partial charge in [-0.05, 0) is 0 Å². The van der Waals surface area contributed by atoms with Crippen LogP contribution in [-0.2, 0) is 24.0 Å². The molecule has 0 aliphatic rings. The SMILES string of the molecule is O=C(O)CC(O)(CC(=O)O)C(=O)O.O=C(O)CCC(=O)O.[NaH]. The quantitative estimate of drug-likeness (QED) is 0.268. The molecule has 6 N–H and O–H groups in total. The average Bonchev–Trinajstić information content (AvgIpc) is 2.24. The molecule has 11 nitrogen and oxygen atoms in total. The zero-order valence-electron chi connectivity index (χ0n) is 10.6. The van der Waals surface area contributed by atoms with Crippen LogP contribution in [0.3, 0.4) is 0 Å². The Bertz CT molecular complexity index is 401. The van der Waals surface area contributed by atoms with E-state index in [1.54, 1.807) is 0 Å². The van der Waals surface area contributed by atoms with Gasteiger partial charge in [-0.1, -0.05) is 0 Å². The molecule has 0 aliphatic carbocycles. The minimum absolute atomic E-state index is 0. The van der Waals surface area contributed by atoms with Crippen molar-refractivity contribution in [1.29, 1.82) is 0 Å². The molecule has 0 amide bonds. The maximum atomic E-state index is 10.3. The van der Waals surface area contributed by atoms with Crippen molar-refractivity contribution >= 4 is 59.4 Å². The molecule has 0 unspecified atom stereocenters. The third-order valence-corrected chi connectivity index (χ3v) is 1.84. The molecule has 12 heteroatoms. The average molecular weight is 334 g/mol. The van der Waals surface area contributed by atoms with Crippen LogP contribution in [0, 0.1) is 0 Å². The van der Waals surface area contributed by atoms with Crippen LogP contribution in [0.1, 0.15) is 25.7 Å². The van der Waals surface area contributed by atoms with E-state index in [1.807, 2.05) is 0 Å². The molecule has 0 radical (unpaired) electrons. The van der Waals surface area contributed by atoms with Gasteiger partial charge in [0.15, 0.2) is 5.60 Å². The van der Waals surface area contributed by atoms with Crippen LogP contribution < -0.4 is 0 Å². The van der Waals surface area contributed by atoms with E-state index < -0.39 is 48.3 Å². The molecule has 0 rings (SSSR count). The molecule has 0 aliphatic heterocycles. The molecule has 0 fully saturated rings. The number of carboxylic acids is 5. The van der Waals surface area contributed by atoms with Crippen molar-refractivity contribution in [3.63, 3.8) is 0 Å². The van der Waals surface area contributed by atoms with E-state index in [-0.39, 0.29) is 42.4 Å². The monoisotopic (exact) mass is 334 g/mol. The molecule has 0 heterocycles. The molecular formula is C10H15NaO11. The Balaban J connectivity index is -0.000000348. The maximum absolute atomic E-state index is 10.3. The predicted octanol–water partition coefficient (Wildman–Crippen LogP) is -1.96. The summed E-state index contributed by atoms with van der Waals surface area (Å²) in [4.78, 5) is 49.8. The number of aliphatic hydroxyl groups is 1. The fraction of sp³-hybridized carbons (Fsp3) is 0.500. The Morgan fingerprint density at radius 3 is 1.05 bits per heavy atom. The van der Waals surface area contributed by atoms with Gasteiger partial charge in [-0.25, -0.2) is 4.79 Å². The molecule has 22 heavy (non-hydrogen) atoms. The van der Waals surface area contributed by atoms with Crippen LogP contribution in [-0.4, -0.2) is 95.6 Å². The first-order valence-corrected chi connectivity index (χ1v) is 5.23. The van der Waals surface area contributed by atoms with Gasteiger partial charge in [0.05, 0.1) is 25.7 Å². The second-order valence-electron chi connectivity index (χ2n) is 3.77. The predicted molar refractivity (Wildman–Crippen MR) is 68.7 cm³/mol. The van der Waals surface area contributed by atoms with Gasteiger partial charge in [-0.15, -0.1) is 0 Å².